The predicted octanol–water partition coefficient (Wildman–Crippen LogP) is 3.17. The summed E-state index contributed by atoms with van der Waals surface area (Å²) in [5, 5.41) is 9.54. The summed E-state index contributed by atoms with van der Waals surface area (Å²) in [6, 6.07) is 5.50. The van der Waals surface area contributed by atoms with Crippen molar-refractivity contribution in [1.82, 2.24) is 0 Å². The minimum atomic E-state index is -1.06. The van der Waals surface area contributed by atoms with E-state index in [0.29, 0.717) is 15.5 Å². The quantitative estimate of drug-likeness (QED) is 0.750. The first-order valence-electron chi connectivity index (χ1n) is 4.35. The Morgan fingerprint density at radius 1 is 1.47 bits per heavy atom. The van der Waals surface area contributed by atoms with Gasteiger partial charge >= 0.3 is 5.97 Å². The van der Waals surface area contributed by atoms with Crippen molar-refractivity contribution in [1.29, 1.82) is 0 Å². The molecule has 1 aromatic heterocycles. The zero-order valence-corrected chi connectivity index (χ0v) is 8.80. The molecule has 1 heterocycles. The fourth-order valence-electron chi connectivity index (χ4n) is 1.39. The van der Waals surface area contributed by atoms with Gasteiger partial charge in [0, 0.05) is 5.39 Å². The molecule has 2 rings (SSSR count). The number of fused-ring (bicyclic) bond motifs is 1. The molecule has 2 aromatic rings. The highest BCUT2D eigenvalue weighted by Gasteiger charge is 2.09. The van der Waals surface area contributed by atoms with Gasteiger partial charge in [-0.1, -0.05) is 23.8 Å². The summed E-state index contributed by atoms with van der Waals surface area (Å²) >= 11 is 5.09. The van der Waals surface area contributed by atoms with Crippen LogP contribution in [0.25, 0.3) is 11.0 Å². The van der Waals surface area contributed by atoms with Crippen molar-refractivity contribution in [2.24, 2.45) is 0 Å². The van der Waals surface area contributed by atoms with Crippen LogP contribution in [0.1, 0.15) is 15.9 Å². The molecule has 3 nitrogen and oxygen atoms in total. The lowest BCUT2D eigenvalue weighted by atomic mass is 10.1. The molecule has 76 valence electrons. The molecule has 0 aliphatic carbocycles. The number of aromatic carboxylic acids is 1. The Morgan fingerprint density at radius 3 is 2.87 bits per heavy atom. The molecule has 0 aliphatic rings. The number of aryl methyl sites for hydroxylation is 1. The van der Waals surface area contributed by atoms with Crippen LogP contribution in [0.4, 0.5) is 0 Å². The highest BCUT2D eigenvalue weighted by atomic mass is 32.1. The fraction of sp³-hybridized carbons (Fsp3) is 0.0909. The van der Waals surface area contributed by atoms with Crippen LogP contribution in [0.15, 0.2) is 28.9 Å². The summed E-state index contributed by atoms with van der Waals surface area (Å²) in [6.07, 6.45) is 1.18. The molecule has 0 saturated heterocycles. The van der Waals surface area contributed by atoms with Crippen LogP contribution in [0, 0.1) is 11.4 Å². The second-order valence-corrected chi connectivity index (χ2v) is 3.69. The van der Waals surface area contributed by atoms with Gasteiger partial charge in [0.15, 0.2) is 0 Å². The van der Waals surface area contributed by atoms with Crippen molar-refractivity contribution >= 4 is 29.2 Å². The van der Waals surface area contributed by atoms with E-state index in [2.05, 4.69) is 0 Å². The SMILES string of the molecule is Cc1ccc2occ(C(=O)O)c(=S)c2c1. The summed E-state index contributed by atoms with van der Waals surface area (Å²) in [4.78, 5) is 10.8. The third kappa shape index (κ3) is 1.64. The van der Waals surface area contributed by atoms with Gasteiger partial charge in [-0.05, 0) is 19.1 Å². The average molecular weight is 220 g/mol. The smallest absolute Gasteiger partial charge is 0.340 e. The van der Waals surface area contributed by atoms with Crippen LogP contribution >= 0.6 is 12.2 Å². The monoisotopic (exact) mass is 220 g/mol. The number of carboxylic acid groups (broad SMARTS) is 1. The highest BCUT2D eigenvalue weighted by Crippen LogP contribution is 2.20. The lowest BCUT2D eigenvalue weighted by molar-refractivity contribution is 0.0694. The Balaban J connectivity index is 2.89. The molecule has 1 N–H and O–H groups in total. The zero-order chi connectivity index (χ0) is 11.0. The van der Waals surface area contributed by atoms with Gasteiger partial charge in [0.05, 0.1) is 4.51 Å². The molecule has 0 bridgehead atoms. The number of carbonyl (C=O) groups is 1. The second kappa shape index (κ2) is 3.47. The Labute approximate surface area is 91.0 Å². The van der Waals surface area contributed by atoms with Gasteiger partial charge in [0.2, 0.25) is 0 Å². The molecule has 15 heavy (non-hydrogen) atoms. The molecule has 0 amide bonds. The summed E-state index contributed by atoms with van der Waals surface area (Å²) in [5.74, 6) is -1.06. The van der Waals surface area contributed by atoms with Gasteiger partial charge in [-0.25, -0.2) is 4.79 Å². The molecule has 0 atom stereocenters. The van der Waals surface area contributed by atoms with Crippen molar-refractivity contribution in [3.05, 3.63) is 40.1 Å². The van der Waals surface area contributed by atoms with Crippen LogP contribution in [0.5, 0.6) is 0 Å². The van der Waals surface area contributed by atoms with Gasteiger partial charge in [-0.3, -0.25) is 0 Å². The summed E-state index contributed by atoms with van der Waals surface area (Å²) in [7, 11) is 0. The van der Waals surface area contributed by atoms with E-state index in [1.807, 2.05) is 19.1 Å². The molecule has 0 radical (unpaired) electrons. The molecule has 0 unspecified atom stereocenters. The van der Waals surface area contributed by atoms with Gasteiger partial charge in [0.1, 0.15) is 17.4 Å². The first kappa shape index (κ1) is 9.86. The Hall–Kier alpha value is -1.68. The summed E-state index contributed by atoms with van der Waals surface area (Å²) < 4.78 is 5.52. The minimum absolute atomic E-state index is 0.0306. The largest absolute Gasteiger partial charge is 0.478 e. The van der Waals surface area contributed by atoms with Crippen LogP contribution in [-0.2, 0) is 0 Å². The molecule has 0 aliphatic heterocycles. The molecule has 0 spiro atoms. The highest BCUT2D eigenvalue weighted by molar-refractivity contribution is 7.71. The molecule has 4 heteroatoms. The number of hydrogen-bond acceptors (Lipinski definition) is 3. The maximum Gasteiger partial charge on any atom is 0.340 e. The topological polar surface area (TPSA) is 50.4 Å². The zero-order valence-electron chi connectivity index (χ0n) is 7.98. The van der Waals surface area contributed by atoms with E-state index in [1.165, 1.54) is 6.26 Å². The number of benzene rings is 1. The van der Waals surface area contributed by atoms with E-state index >= 15 is 0 Å². The van der Waals surface area contributed by atoms with Crippen molar-refractivity contribution in [2.75, 3.05) is 0 Å². The Morgan fingerprint density at radius 2 is 2.20 bits per heavy atom. The van der Waals surface area contributed by atoms with Gasteiger partial charge in [0.25, 0.3) is 0 Å². The van der Waals surface area contributed by atoms with E-state index in [9.17, 15) is 4.79 Å². The van der Waals surface area contributed by atoms with Crippen LogP contribution in [0.3, 0.4) is 0 Å². The lowest BCUT2D eigenvalue weighted by Crippen LogP contribution is -1.97. The van der Waals surface area contributed by atoms with E-state index in [1.54, 1.807) is 6.07 Å². The molecule has 0 saturated carbocycles. The first-order valence-corrected chi connectivity index (χ1v) is 4.76. The van der Waals surface area contributed by atoms with Crippen molar-refractivity contribution in [2.45, 2.75) is 6.92 Å². The number of hydrogen-bond donors (Lipinski definition) is 1. The van der Waals surface area contributed by atoms with Crippen LogP contribution in [0.2, 0.25) is 0 Å². The predicted molar refractivity (Wildman–Crippen MR) is 58.7 cm³/mol. The molecular weight excluding hydrogens is 212 g/mol. The third-order valence-corrected chi connectivity index (χ3v) is 2.60. The van der Waals surface area contributed by atoms with Crippen molar-refractivity contribution < 1.29 is 14.3 Å². The second-order valence-electron chi connectivity index (χ2n) is 3.28. The maximum absolute atomic E-state index is 10.8. The van der Waals surface area contributed by atoms with Crippen molar-refractivity contribution in [3.8, 4) is 0 Å². The van der Waals surface area contributed by atoms with Gasteiger partial charge < -0.3 is 9.52 Å². The van der Waals surface area contributed by atoms with E-state index in [4.69, 9.17) is 21.7 Å². The number of carboxylic acids is 1. The summed E-state index contributed by atoms with van der Waals surface area (Å²) in [6.45, 7) is 1.92. The normalized spacial score (nSPS) is 10.5. The van der Waals surface area contributed by atoms with Crippen molar-refractivity contribution in [3.63, 3.8) is 0 Å². The van der Waals surface area contributed by atoms with E-state index in [0.717, 1.165) is 5.56 Å². The number of rotatable bonds is 1. The van der Waals surface area contributed by atoms with E-state index in [-0.39, 0.29) is 5.56 Å². The molecular formula is C11H8O3S. The van der Waals surface area contributed by atoms with Crippen LogP contribution in [-0.4, -0.2) is 11.1 Å². The first-order chi connectivity index (χ1) is 7.09. The van der Waals surface area contributed by atoms with E-state index < -0.39 is 5.97 Å². The standard InChI is InChI=1S/C11H8O3S/c1-6-2-3-9-7(4-6)10(15)8(5-14-9)11(12)13/h2-5H,1H3,(H,12,13). The maximum atomic E-state index is 10.8. The molecule has 1 aromatic carbocycles. The van der Waals surface area contributed by atoms with Gasteiger partial charge in [-0.2, -0.15) is 0 Å². The van der Waals surface area contributed by atoms with Crippen LogP contribution < -0.4 is 0 Å². The minimum Gasteiger partial charge on any atom is -0.478 e. The lowest BCUT2D eigenvalue weighted by Gasteiger charge is -2.00. The Kier molecular flexibility index (Phi) is 2.28. The Bertz CT molecular complexity index is 598. The third-order valence-electron chi connectivity index (χ3n) is 2.16. The summed E-state index contributed by atoms with van der Waals surface area (Å²) in [5.41, 5.74) is 1.66. The molecule has 0 fully saturated rings. The fourth-order valence-corrected chi connectivity index (χ4v) is 1.69. The average Bonchev–Trinajstić information content (AvgIpc) is 2.19. The van der Waals surface area contributed by atoms with Gasteiger partial charge in [-0.15, -0.1) is 0 Å².